The van der Waals surface area contributed by atoms with Gasteiger partial charge < -0.3 is 19.7 Å². The molecule has 150 valence electrons. The molecule has 7 heteroatoms. The Morgan fingerprint density at radius 2 is 2.04 bits per heavy atom. The van der Waals surface area contributed by atoms with Crippen LogP contribution in [0.2, 0.25) is 0 Å². The number of hydrogen-bond donors (Lipinski definition) is 1. The van der Waals surface area contributed by atoms with Gasteiger partial charge in [-0.1, -0.05) is 0 Å². The summed E-state index contributed by atoms with van der Waals surface area (Å²) < 4.78 is 2.19. The number of pyridine rings is 1. The van der Waals surface area contributed by atoms with Crippen LogP contribution in [0, 0.1) is 19.3 Å². The van der Waals surface area contributed by atoms with Crippen molar-refractivity contribution in [3.05, 3.63) is 42.2 Å². The average molecular weight is 383 g/mol. The minimum atomic E-state index is 0.0712. The molecule has 28 heavy (non-hydrogen) atoms. The molecule has 1 N–H and O–H groups in total. The predicted octanol–water partition coefficient (Wildman–Crippen LogP) is 2.60. The fourth-order valence-corrected chi connectivity index (χ4v) is 4.06. The van der Waals surface area contributed by atoms with Crippen molar-refractivity contribution in [2.45, 2.75) is 39.7 Å². The molecule has 1 aliphatic carbocycles. The number of hydrogen-bond acceptors (Lipinski definition) is 4. The fraction of sp³-hybridized carbons (Fsp3) is 0.571. The van der Waals surface area contributed by atoms with Gasteiger partial charge >= 0.3 is 6.03 Å². The zero-order valence-corrected chi connectivity index (χ0v) is 16.9. The van der Waals surface area contributed by atoms with Crippen molar-refractivity contribution in [2.75, 3.05) is 37.6 Å². The molecule has 3 heterocycles. The van der Waals surface area contributed by atoms with Crippen LogP contribution in [0.1, 0.15) is 30.7 Å². The maximum Gasteiger partial charge on any atom is 0.317 e. The van der Waals surface area contributed by atoms with Crippen LogP contribution in [0.25, 0.3) is 0 Å². The largest absolute Gasteiger partial charge is 0.369 e. The quantitative estimate of drug-likeness (QED) is 0.863. The molecule has 2 aromatic heterocycles. The molecule has 1 aliphatic heterocycles. The minimum absolute atomic E-state index is 0.0712. The van der Waals surface area contributed by atoms with Crippen LogP contribution in [0.5, 0.6) is 0 Å². The molecule has 2 aliphatic rings. The second-order valence-corrected chi connectivity index (χ2v) is 8.25. The van der Waals surface area contributed by atoms with Crippen molar-refractivity contribution in [1.29, 1.82) is 0 Å². The number of amides is 2. The van der Waals surface area contributed by atoms with Crippen molar-refractivity contribution < 1.29 is 4.79 Å². The summed E-state index contributed by atoms with van der Waals surface area (Å²) >= 11 is 0. The number of aryl methyl sites for hydroxylation is 2. The van der Waals surface area contributed by atoms with Gasteiger partial charge in [-0.25, -0.2) is 9.78 Å². The van der Waals surface area contributed by atoms with Gasteiger partial charge in [0.05, 0.1) is 0 Å². The van der Waals surface area contributed by atoms with Gasteiger partial charge in [0.2, 0.25) is 0 Å². The number of aromatic nitrogens is 3. The Balaban J connectivity index is 1.30. The monoisotopic (exact) mass is 382 g/mol. The number of urea groups is 1. The standard InChI is InChI=1S/C21H30N6O/c1-17-14-22-7-4-19(17)25-9-3-10-26(13-12-25)20(28)24-15-21(5-6-21)16-27-11-8-23-18(27)2/h4,7-8,11,14H,3,5-6,9-10,12-13,15-16H2,1-2H3,(H,24,28). The number of nitrogens with zero attached hydrogens (tertiary/aromatic N) is 5. The Hall–Kier alpha value is -2.57. The van der Waals surface area contributed by atoms with Crippen molar-refractivity contribution in [3.63, 3.8) is 0 Å². The summed E-state index contributed by atoms with van der Waals surface area (Å²) in [6.07, 6.45) is 10.9. The van der Waals surface area contributed by atoms with E-state index in [2.05, 4.69) is 37.7 Å². The minimum Gasteiger partial charge on any atom is -0.369 e. The lowest BCUT2D eigenvalue weighted by Gasteiger charge is -2.25. The first-order valence-electron chi connectivity index (χ1n) is 10.2. The Morgan fingerprint density at radius 3 is 2.75 bits per heavy atom. The number of carbonyl (C=O) groups excluding carboxylic acids is 1. The molecule has 1 saturated heterocycles. The van der Waals surface area contributed by atoms with E-state index in [9.17, 15) is 4.79 Å². The zero-order valence-electron chi connectivity index (χ0n) is 16.9. The third kappa shape index (κ3) is 4.13. The van der Waals surface area contributed by atoms with Gasteiger partial charge in [0, 0.05) is 75.2 Å². The van der Waals surface area contributed by atoms with Crippen LogP contribution in [-0.2, 0) is 6.54 Å². The van der Waals surface area contributed by atoms with Gasteiger partial charge in [-0.2, -0.15) is 0 Å². The van der Waals surface area contributed by atoms with Crippen LogP contribution in [0.3, 0.4) is 0 Å². The predicted molar refractivity (Wildman–Crippen MR) is 109 cm³/mol. The summed E-state index contributed by atoms with van der Waals surface area (Å²) in [7, 11) is 0. The van der Waals surface area contributed by atoms with Crippen molar-refractivity contribution in [3.8, 4) is 0 Å². The molecular formula is C21H30N6O. The van der Waals surface area contributed by atoms with Gasteiger partial charge in [0.15, 0.2) is 0 Å². The highest BCUT2D eigenvalue weighted by Crippen LogP contribution is 2.46. The number of imidazole rings is 1. The van der Waals surface area contributed by atoms with Gasteiger partial charge in [-0.3, -0.25) is 4.98 Å². The second kappa shape index (κ2) is 7.81. The first-order valence-corrected chi connectivity index (χ1v) is 10.2. The van der Waals surface area contributed by atoms with Crippen LogP contribution in [0.4, 0.5) is 10.5 Å². The summed E-state index contributed by atoms with van der Waals surface area (Å²) in [5.74, 6) is 1.04. The van der Waals surface area contributed by atoms with E-state index in [0.29, 0.717) is 0 Å². The number of carbonyl (C=O) groups is 1. The summed E-state index contributed by atoms with van der Waals surface area (Å²) in [5, 5.41) is 3.21. The van der Waals surface area contributed by atoms with Crippen molar-refractivity contribution >= 4 is 11.7 Å². The molecule has 0 aromatic carbocycles. The second-order valence-electron chi connectivity index (χ2n) is 8.25. The van der Waals surface area contributed by atoms with E-state index >= 15 is 0 Å². The summed E-state index contributed by atoms with van der Waals surface area (Å²) in [6, 6.07) is 2.14. The Labute approximate surface area is 166 Å². The Kier molecular flexibility index (Phi) is 5.24. The molecule has 0 unspecified atom stereocenters. The molecule has 0 atom stereocenters. The third-order valence-corrected chi connectivity index (χ3v) is 6.12. The highest BCUT2D eigenvalue weighted by Gasteiger charge is 2.43. The molecule has 0 spiro atoms. The first-order chi connectivity index (χ1) is 13.6. The summed E-state index contributed by atoms with van der Waals surface area (Å²) in [4.78, 5) is 25.6. The van der Waals surface area contributed by atoms with Gasteiger partial charge in [-0.05, 0) is 44.7 Å². The molecule has 2 amide bonds. The number of rotatable bonds is 5. The maximum absolute atomic E-state index is 12.8. The molecule has 1 saturated carbocycles. The van der Waals surface area contributed by atoms with E-state index in [1.165, 1.54) is 24.1 Å². The highest BCUT2D eigenvalue weighted by atomic mass is 16.2. The van der Waals surface area contributed by atoms with Gasteiger partial charge in [0.1, 0.15) is 5.82 Å². The molecule has 4 rings (SSSR count). The lowest BCUT2D eigenvalue weighted by Crippen LogP contribution is -2.44. The molecule has 2 fully saturated rings. The number of nitrogens with one attached hydrogen (secondary N) is 1. The van der Waals surface area contributed by atoms with Crippen LogP contribution >= 0.6 is 0 Å². The van der Waals surface area contributed by atoms with Crippen LogP contribution < -0.4 is 10.2 Å². The van der Waals surface area contributed by atoms with Gasteiger partial charge in [0.25, 0.3) is 0 Å². The zero-order chi connectivity index (χ0) is 19.6. The summed E-state index contributed by atoms with van der Waals surface area (Å²) in [5.41, 5.74) is 2.61. The summed E-state index contributed by atoms with van der Waals surface area (Å²) in [6.45, 7) is 9.19. The number of anilines is 1. The lowest BCUT2D eigenvalue weighted by molar-refractivity contribution is 0.197. The third-order valence-electron chi connectivity index (χ3n) is 6.12. The van der Waals surface area contributed by atoms with Crippen LogP contribution in [-0.4, -0.2) is 58.2 Å². The molecular weight excluding hydrogens is 352 g/mol. The molecule has 7 nitrogen and oxygen atoms in total. The SMILES string of the molecule is Cc1cnccc1N1CCCN(C(=O)NCC2(Cn3ccnc3C)CC2)CC1. The smallest absolute Gasteiger partial charge is 0.317 e. The maximum atomic E-state index is 12.8. The van der Waals surface area contributed by atoms with Crippen LogP contribution in [0.15, 0.2) is 30.9 Å². The first kappa shape index (κ1) is 18.8. The van der Waals surface area contributed by atoms with E-state index in [4.69, 9.17) is 0 Å². The van der Waals surface area contributed by atoms with E-state index in [1.54, 1.807) is 0 Å². The Bertz CT molecular complexity index is 828. The lowest BCUT2D eigenvalue weighted by atomic mass is 10.1. The molecule has 0 bridgehead atoms. The average Bonchev–Trinajstić information content (AvgIpc) is 3.41. The van der Waals surface area contributed by atoms with Crippen molar-refractivity contribution in [1.82, 2.24) is 24.8 Å². The van der Waals surface area contributed by atoms with E-state index in [-0.39, 0.29) is 11.4 Å². The Morgan fingerprint density at radius 1 is 1.18 bits per heavy atom. The van der Waals surface area contributed by atoms with Crippen molar-refractivity contribution in [2.24, 2.45) is 5.41 Å². The highest BCUT2D eigenvalue weighted by molar-refractivity contribution is 5.74. The normalized spacial score (nSPS) is 18.6. The molecule has 0 radical (unpaired) electrons. The fourth-order valence-electron chi connectivity index (χ4n) is 4.06. The van der Waals surface area contributed by atoms with Gasteiger partial charge in [-0.15, -0.1) is 0 Å². The van der Waals surface area contributed by atoms with E-state index in [0.717, 1.165) is 51.5 Å². The van der Waals surface area contributed by atoms with E-state index in [1.807, 2.05) is 36.6 Å². The molecule has 2 aromatic rings. The van der Waals surface area contributed by atoms with E-state index < -0.39 is 0 Å². The topological polar surface area (TPSA) is 66.3 Å².